The van der Waals surface area contributed by atoms with Crippen LogP contribution in [0.4, 0.5) is 0 Å². The summed E-state index contributed by atoms with van der Waals surface area (Å²) >= 11 is 0. The Morgan fingerprint density at radius 3 is 2.48 bits per heavy atom. The van der Waals surface area contributed by atoms with E-state index in [-0.39, 0.29) is 17.9 Å². The van der Waals surface area contributed by atoms with Gasteiger partial charge in [-0.25, -0.2) is 0 Å². The highest BCUT2D eigenvalue weighted by molar-refractivity contribution is 5.77. The maximum Gasteiger partial charge on any atom is 0.258 e. The first-order valence-corrected chi connectivity index (χ1v) is 10.9. The molecule has 3 rings (SSSR count). The molecule has 1 saturated heterocycles. The Bertz CT molecular complexity index is 824. The third kappa shape index (κ3) is 7.89. The van der Waals surface area contributed by atoms with Gasteiger partial charge in [0.15, 0.2) is 6.61 Å². The second-order valence-electron chi connectivity index (χ2n) is 8.79. The van der Waals surface area contributed by atoms with E-state index in [0.717, 1.165) is 44.2 Å². The molecule has 1 aliphatic heterocycles. The molecule has 0 saturated carbocycles. The van der Waals surface area contributed by atoms with Gasteiger partial charge in [0.25, 0.3) is 5.91 Å². The zero-order valence-electron chi connectivity index (χ0n) is 18.9. The van der Waals surface area contributed by atoms with Crippen LogP contribution >= 0.6 is 0 Å². The van der Waals surface area contributed by atoms with Crippen LogP contribution in [0.2, 0.25) is 0 Å². The van der Waals surface area contributed by atoms with E-state index in [1.807, 2.05) is 48.5 Å². The van der Waals surface area contributed by atoms with Crippen LogP contribution in [0.25, 0.3) is 0 Å². The lowest BCUT2D eigenvalue weighted by molar-refractivity contribution is -0.123. The van der Waals surface area contributed by atoms with Crippen LogP contribution in [0, 0.1) is 0 Å². The zero-order valence-corrected chi connectivity index (χ0v) is 18.9. The van der Waals surface area contributed by atoms with Crippen molar-refractivity contribution < 1.29 is 19.0 Å². The maximum atomic E-state index is 12.2. The van der Waals surface area contributed by atoms with Gasteiger partial charge in [-0.05, 0) is 40.8 Å². The summed E-state index contributed by atoms with van der Waals surface area (Å²) in [6, 6.07) is 15.7. The van der Waals surface area contributed by atoms with Gasteiger partial charge in [0, 0.05) is 26.2 Å². The van der Waals surface area contributed by atoms with Crippen molar-refractivity contribution in [2.24, 2.45) is 0 Å². The molecule has 6 nitrogen and oxygen atoms in total. The first-order valence-electron chi connectivity index (χ1n) is 10.9. The van der Waals surface area contributed by atoms with Crippen LogP contribution in [-0.4, -0.2) is 56.9 Å². The minimum Gasteiger partial charge on any atom is -0.492 e. The van der Waals surface area contributed by atoms with E-state index in [0.29, 0.717) is 18.9 Å². The summed E-state index contributed by atoms with van der Waals surface area (Å²) in [5.41, 5.74) is 2.32. The monoisotopic (exact) mass is 426 g/mol. The first kappa shape index (κ1) is 23.1. The Balaban J connectivity index is 1.38. The Morgan fingerprint density at radius 1 is 1.03 bits per heavy atom. The van der Waals surface area contributed by atoms with E-state index in [9.17, 15) is 4.79 Å². The van der Waals surface area contributed by atoms with Crippen molar-refractivity contribution in [2.45, 2.75) is 32.7 Å². The highest BCUT2D eigenvalue weighted by Crippen LogP contribution is 2.24. The molecule has 0 radical (unpaired) electrons. The van der Waals surface area contributed by atoms with Gasteiger partial charge in [0.05, 0.1) is 13.2 Å². The molecule has 1 heterocycles. The molecule has 0 atom stereocenters. The Hall–Kier alpha value is -2.57. The molecule has 0 spiro atoms. The summed E-state index contributed by atoms with van der Waals surface area (Å²) in [6.45, 7) is 12.0. The van der Waals surface area contributed by atoms with Crippen molar-refractivity contribution in [2.75, 3.05) is 46.1 Å². The molecule has 0 aliphatic carbocycles. The first-order chi connectivity index (χ1) is 14.9. The van der Waals surface area contributed by atoms with Crippen molar-refractivity contribution in [3.05, 3.63) is 59.7 Å². The Labute approximate surface area is 185 Å². The topological polar surface area (TPSA) is 60.0 Å². The number of carbonyl (C=O) groups excluding carboxylic acids is 1. The lowest BCUT2D eigenvalue weighted by Gasteiger charge is -2.26. The second kappa shape index (κ2) is 11.2. The molecule has 0 unspecified atom stereocenters. The average molecular weight is 427 g/mol. The van der Waals surface area contributed by atoms with Crippen LogP contribution in [0.3, 0.4) is 0 Å². The fourth-order valence-electron chi connectivity index (χ4n) is 3.31. The molecule has 6 heteroatoms. The molecule has 2 aromatic rings. The van der Waals surface area contributed by atoms with Crippen molar-refractivity contribution in [3.63, 3.8) is 0 Å². The molecule has 31 heavy (non-hydrogen) atoms. The van der Waals surface area contributed by atoms with Gasteiger partial charge in [0.2, 0.25) is 0 Å². The lowest BCUT2D eigenvalue weighted by Crippen LogP contribution is -2.38. The number of benzene rings is 2. The standard InChI is InChI=1S/C25H34N2O4/c1-25(2,3)21-7-9-22(10-8-21)31-19-24(28)26-18-20-5-4-6-23(17-20)30-16-13-27-11-14-29-15-12-27/h4-10,17H,11-16,18-19H2,1-3H3,(H,26,28). The van der Waals surface area contributed by atoms with E-state index in [1.54, 1.807) is 0 Å². The van der Waals surface area contributed by atoms with Crippen molar-refractivity contribution >= 4 is 5.91 Å². The molecular weight excluding hydrogens is 392 g/mol. The van der Waals surface area contributed by atoms with Crippen LogP contribution < -0.4 is 14.8 Å². The third-order valence-corrected chi connectivity index (χ3v) is 5.26. The van der Waals surface area contributed by atoms with Crippen LogP contribution in [0.1, 0.15) is 31.9 Å². The highest BCUT2D eigenvalue weighted by Gasteiger charge is 2.13. The predicted octanol–water partition coefficient (Wildman–Crippen LogP) is 3.39. The summed E-state index contributed by atoms with van der Waals surface area (Å²) < 4.78 is 16.8. The molecular formula is C25H34N2O4. The summed E-state index contributed by atoms with van der Waals surface area (Å²) in [7, 11) is 0. The van der Waals surface area contributed by atoms with E-state index >= 15 is 0 Å². The van der Waals surface area contributed by atoms with Gasteiger partial charge in [-0.1, -0.05) is 45.0 Å². The number of ether oxygens (including phenoxy) is 3. The molecule has 1 amide bonds. The highest BCUT2D eigenvalue weighted by atomic mass is 16.5. The van der Waals surface area contributed by atoms with Gasteiger partial charge in [-0.2, -0.15) is 0 Å². The maximum absolute atomic E-state index is 12.2. The van der Waals surface area contributed by atoms with E-state index in [4.69, 9.17) is 14.2 Å². The van der Waals surface area contributed by atoms with Crippen LogP contribution in [0.15, 0.2) is 48.5 Å². The van der Waals surface area contributed by atoms with Crippen LogP contribution in [-0.2, 0) is 21.5 Å². The van der Waals surface area contributed by atoms with E-state index < -0.39 is 0 Å². The second-order valence-corrected chi connectivity index (χ2v) is 8.79. The van der Waals surface area contributed by atoms with Crippen LogP contribution in [0.5, 0.6) is 11.5 Å². The predicted molar refractivity (Wildman–Crippen MR) is 122 cm³/mol. The molecule has 168 valence electrons. The number of nitrogens with zero attached hydrogens (tertiary/aromatic N) is 1. The minimum atomic E-state index is -0.154. The summed E-state index contributed by atoms with van der Waals surface area (Å²) in [4.78, 5) is 14.5. The van der Waals surface area contributed by atoms with Gasteiger partial charge in [0.1, 0.15) is 18.1 Å². The van der Waals surface area contributed by atoms with E-state index in [2.05, 4.69) is 31.0 Å². The molecule has 1 fully saturated rings. The third-order valence-electron chi connectivity index (χ3n) is 5.26. The van der Waals surface area contributed by atoms with E-state index in [1.165, 1.54) is 5.56 Å². The number of amides is 1. The van der Waals surface area contributed by atoms with Gasteiger partial charge >= 0.3 is 0 Å². The van der Waals surface area contributed by atoms with Crippen molar-refractivity contribution in [1.82, 2.24) is 10.2 Å². The Kier molecular flexibility index (Phi) is 8.32. The lowest BCUT2D eigenvalue weighted by atomic mass is 9.87. The molecule has 0 aromatic heterocycles. The molecule has 0 bridgehead atoms. The fourth-order valence-corrected chi connectivity index (χ4v) is 3.31. The number of nitrogens with one attached hydrogen (secondary N) is 1. The van der Waals surface area contributed by atoms with Gasteiger partial charge in [-0.3, -0.25) is 9.69 Å². The summed E-state index contributed by atoms with van der Waals surface area (Å²) in [5, 5.41) is 2.90. The number of hydrogen-bond acceptors (Lipinski definition) is 5. The summed E-state index contributed by atoms with van der Waals surface area (Å²) in [6.07, 6.45) is 0. The smallest absolute Gasteiger partial charge is 0.258 e. The fraction of sp³-hybridized carbons (Fsp3) is 0.480. The average Bonchev–Trinajstić information content (AvgIpc) is 2.77. The van der Waals surface area contributed by atoms with Crippen molar-refractivity contribution in [1.29, 1.82) is 0 Å². The van der Waals surface area contributed by atoms with Crippen molar-refractivity contribution in [3.8, 4) is 11.5 Å². The summed E-state index contributed by atoms with van der Waals surface area (Å²) in [5.74, 6) is 1.35. The molecule has 1 aliphatic rings. The van der Waals surface area contributed by atoms with Gasteiger partial charge in [-0.15, -0.1) is 0 Å². The quantitative estimate of drug-likeness (QED) is 0.666. The molecule has 2 aromatic carbocycles. The van der Waals surface area contributed by atoms with Gasteiger partial charge < -0.3 is 19.5 Å². The SMILES string of the molecule is CC(C)(C)c1ccc(OCC(=O)NCc2cccc(OCCN3CCOCC3)c2)cc1. The number of hydrogen-bond donors (Lipinski definition) is 1. The minimum absolute atomic E-state index is 0.00932. The normalized spacial score (nSPS) is 14.8. The largest absolute Gasteiger partial charge is 0.492 e. The number of rotatable bonds is 9. The Morgan fingerprint density at radius 2 is 1.77 bits per heavy atom. The zero-order chi connectivity index (χ0) is 22.1. The number of morpholine rings is 1. The number of carbonyl (C=O) groups is 1. The molecule has 1 N–H and O–H groups in total.